The second-order valence-corrected chi connectivity index (χ2v) is 4.63. The van der Waals surface area contributed by atoms with E-state index in [0.29, 0.717) is 28.1 Å². The van der Waals surface area contributed by atoms with Crippen molar-refractivity contribution < 1.29 is 9.53 Å². The van der Waals surface area contributed by atoms with E-state index in [-0.39, 0.29) is 0 Å². The molecule has 96 valence electrons. The van der Waals surface area contributed by atoms with E-state index in [1.807, 2.05) is 6.92 Å². The van der Waals surface area contributed by atoms with Crippen LogP contribution in [0.1, 0.15) is 30.3 Å². The van der Waals surface area contributed by atoms with Crippen LogP contribution in [0.25, 0.3) is 5.52 Å². The lowest BCUT2D eigenvalue weighted by Crippen LogP contribution is -2.11. The van der Waals surface area contributed by atoms with Gasteiger partial charge in [-0.25, -0.2) is 14.3 Å². The third-order valence-electron chi connectivity index (χ3n) is 2.48. The van der Waals surface area contributed by atoms with Gasteiger partial charge in [-0.3, -0.25) is 0 Å². The molecule has 2 N–H and O–H groups in total. The molecule has 0 saturated heterocycles. The third kappa shape index (κ3) is 2.31. The number of nitrogens with zero attached hydrogens (tertiary/aromatic N) is 3. The predicted octanol–water partition coefficient (Wildman–Crippen LogP) is 2.03. The number of nitrogens with two attached hydrogens (primary N) is 1. The van der Waals surface area contributed by atoms with Crippen molar-refractivity contribution in [1.29, 1.82) is 0 Å². The zero-order valence-electron chi connectivity index (χ0n) is 9.89. The van der Waals surface area contributed by atoms with Gasteiger partial charge in [0.1, 0.15) is 11.8 Å². The van der Waals surface area contributed by atoms with Crippen LogP contribution in [0, 0.1) is 0 Å². The van der Waals surface area contributed by atoms with Gasteiger partial charge in [0.2, 0.25) is 0 Å². The van der Waals surface area contributed by atoms with Gasteiger partial charge in [0.15, 0.2) is 11.5 Å². The van der Waals surface area contributed by atoms with Crippen LogP contribution >= 0.6 is 15.9 Å². The summed E-state index contributed by atoms with van der Waals surface area (Å²) in [6.07, 6.45) is 3.12. The second-order valence-electron chi connectivity index (χ2n) is 3.77. The van der Waals surface area contributed by atoms with Crippen molar-refractivity contribution in [2.24, 2.45) is 0 Å². The lowest BCUT2D eigenvalue weighted by atomic mass is 10.3. The van der Waals surface area contributed by atoms with E-state index in [9.17, 15) is 4.79 Å². The van der Waals surface area contributed by atoms with Gasteiger partial charge in [0, 0.05) is 4.47 Å². The van der Waals surface area contributed by atoms with Gasteiger partial charge in [0.25, 0.3) is 0 Å². The molecule has 0 amide bonds. The summed E-state index contributed by atoms with van der Waals surface area (Å²) < 4.78 is 7.25. The average molecular weight is 313 g/mol. The minimum atomic E-state index is -0.415. The Hall–Kier alpha value is -1.63. The molecule has 2 aromatic heterocycles. The molecule has 7 heteroatoms. The largest absolute Gasteiger partial charge is 0.461 e. The number of hydrogen-bond acceptors (Lipinski definition) is 5. The number of carbonyl (C=O) groups is 1. The van der Waals surface area contributed by atoms with Gasteiger partial charge in [-0.05, 0) is 28.4 Å². The molecule has 2 heterocycles. The zero-order chi connectivity index (χ0) is 13.1. The number of aromatic nitrogens is 3. The van der Waals surface area contributed by atoms with Gasteiger partial charge >= 0.3 is 5.97 Å². The number of halogens is 1. The molecule has 0 radical (unpaired) electrons. The van der Waals surface area contributed by atoms with E-state index >= 15 is 0 Å². The van der Waals surface area contributed by atoms with Gasteiger partial charge < -0.3 is 10.5 Å². The third-order valence-corrected chi connectivity index (χ3v) is 3.08. The molecule has 0 aromatic carbocycles. The molecule has 0 fully saturated rings. The number of fused-ring (bicyclic) bond motifs is 1. The Morgan fingerprint density at radius 2 is 2.39 bits per heavy atom. The van der Waals surface area contributed by atoms with Gasteiger partial charge in [-0.2, -0.15) is 5.10 Å². The second kappa shape index (κ2) is 5.34. The quantitative estimate of drug-likeness (QED) is 0.690. The van der Waals surface area contributed by atoms with Gasteiger partial charge in [0.05, 0.1) is 6.61 Å². The lowest BCUT2D eigenvalue weighted by molar-refractivity contribution is 0.0490. The highest BCUT2D eigenvalue weighted by molar-refractivity contribution is 9.10. The van der Waals surface area contributed by atoms with Crippen molar-refractivity contribution in [3.63, 3.8) is 0 Å². The first-order chi connectivity index (χ1) is 8.65. The molecule has 0 bridgehead atoms. The van der Waals surface area contributed by atoms with Crippen molar-refractivity contribution >= 4 is 33.2 Å². The Kier molecular flexibility index (Phi) is 3.81. The topological polar surface area (TPSA) is 82.5 Å². The first kappa shape index (κ1) is 12.8. The number of carbonyl (C=O) groups excluding carboxylic acids is 1. The number of rotatable bonds is 4. The average Bonchev–Trinajstić information content (AvgIpc) is 2.68. The van der Waals surface area contributed by atoms with E-state index in [1.54, 1.807) is 6.07 Å². The van der Waals surface area contributed by atoms with Crippen molar-refractivity contribution in [2.45, 2.75) is 19.8 Å². The van der Waals surface area contributed by atoms with Gasteiger partial charge in [-0.1, -0.05) is 13.3 Å². The van der Waals surface area contributed by atoms with Crippen LogP contribution in [0.15, 0.2) is 16.9 Å². The summed E-state index contributed by atoms with van der Waals surface area (Å²) >= 11 is 3.33. The highest BCUT2D eigenvalue weighted by Crippen LogP contribution is 2.25. The minimum Gasteiger partial charge on any atom is -0.461 e. The fourth-order valence-electron chi connectivity index (χ4n) is 1.55. The fourth-order valence-corrected chi connectivity index (χ4v) is 2.14. The molecule has 2 aromatic rings. The smallest absolute Gasteiger partial charge is 0.357 e. The first-order valence-electron chi connectivity index (χ1n) is 5.60. The Labute approximate surface area is 112 Å². The maximum absolute atomic E-state index is 11.9. The molecule has 0 aliphatic heterocycles. The monoisotopic (exact) mass is 312 g/mol. The summed E-state index contributed by atoms with van der Waals surface area (Å²) in [7, 11) is 0. The normalized spacial score (nSPS) is 10.8. The molecule has 0 saturated carbocycles. The minimum absolute atomic E-state index is 0.310. The van der Waals surface area contributed by atoms with Crippen LogP contribution in [0.5, 0.6) is 0 Å². The van der Waals surface area contributed by atoms with Gasteiger partial charge in [-0.15, -0.1) is 0 Å². The number of unbranched alkanes of at least 4 members (excludes halogenated alkanes) is 1. The molecule has 18 heavy (non-hydrogen) atoms. The van der Waals surface area contributed by atoms with Crippen LogP contribution in [0.3, 0.4) is 0 Å². The van der Waals surface area contributed by atoms with Crippen LogP contribution in [-0.4, -0.2) is 27.2 Å². The molecule has 0 aliphatic rings. The van der Waals surface area contributed by atoms with Crippen LogP contribution in [0.2, 0.25) is 0 Å². The maximum Gasteiger partial charge on any atom is 0.357 e. The van der Waals surface area contributed by atoms with E-state index in [0.717, 1.165) is 12.8 Å². The summed E-state index contributed by atoms with van der Waals surface area (Å²) in [5.41, 5.74) is 6.64. The highest BCUT2D eigenvalue weighted by Gasteiger charge is 2.18. The summed E-state index contributed by atoms with van der Waals surface area (Å²) in [5, 5.41) is 4.01. The fraction of sp³-hybridized carbons (Fsp3) is 0.364. The Balaban J connectivity index is 2.34. The van der Waals surface area contributed by atoms with Crippen LogP contribution < -0.4 is 5.73 Å². The predicted molar refractivity (Wildman–Crippen MR) is 70.3 cm³/mol. The Morgan fingerprint density at radius 3 is 3.11 bits per heavy atom. The lowest BCUT2D eigenvalue weighted by Gasteiger charge is -2.03. The molecule has 2 rings (SSSR count). The number of ether oxygens (including phenoxy) is 1. The summed E-state index contributed by atoms with van der Waals surface area (Å²) in [6.45, 7) is 2.44. The number of anilines is 1. The number of hydrogen-bond donors (Lipinski definition) is 1. The van der Waals surface area contributed by atoms with E-state index < -0.39 is 5.97 Å². The standard InChI is InChI=1S/C11H13BrN4O2/c1-2-3-4-18-11(17)8-5-7(12)9-10(13)14-6-15-16(8)9/h5-6H,2-4H2,1H3,(H2,13,14,15). The molecular weight excluding hydrogens is 300 g/mol. The zero-order valence-corrected chi connectivity index (χ0v) is 11.5. The maximum atomic E-state index is 11.9. The molecule has 6 nitrogen and oxygen atoms in total. The Morgan fingerprint density at radius 1 is 1.61 bits per heavy atom. The van der Waals surface area contributed by atoms with Crippen LogP contribution in [-0.2, 0) is 4.74 Å². The van der Waals surface area contributed by atoms with Crippen molar-refractivity contribution in [3.8, 4) is 0 Å². The SMILES string of the molecule is CCCCOC(=O)c1cc(Br)c2c(N)ncnn12. The summed E-state index contributed by atoms with van der Waals surface area (Å²) in [4.78, 5) is 15.8. The molecule has 0 unspecified atom stereocenters. The summed E-state index contributed by atoms with van der Waals surface area (Å²) in [6, 6.07) is 1.63. The van der Waals surface area contributed by atoms with Crippen molar-refractivity contribution in [2.75, 3.05) is 12.3 Å². The molecule has 0 aliphatic carbocycles. The number of esters is 1. The van der Waals surface area contributed by atoms with E-state index in [2.05, 4.69) is 26.0 Å². The van der Waals surface area contributed by atoms with E-state index in [1.165, 1.54) is 10.8 Å². The van der Waals surface area contributed by atoms with Crippen LogP contribution in [0.4, 0.5) is 5.82 Å². The van der Waals surface area contributed by atoms with Crippen molar-refractivity contribution in [3.05, 3.63) is 22.6 Å². The highest BCUT2D eigenvalue weighted by atomic mass is 79.9. The van der Waals surface area contributed by atoms with E-state index in [4.69, 9.17) is 10.5 Å². The molecule has 0 atom stereocenters. The Bertz CT molecular complexity index is 582. The first-order valence-corrected chi connectivity index (χ1v) is 6.39. The summed E-state index contributed by atoms with van der Waals surface area (Å²) in [5.74, 6) is -0.105. The van der Waals surface area contributed by atoms with Crippen molar-refractivity contribution in [1.82, 2.24) is 14.6 Å². The number of nitrogen functional groups attached to an aromatic ring is 1. The molecule has 0 spiro atoms. The molecular formula is C11H13BrN4O2.